The smallest absolute Gasteiger partial charge is 0.0674 e. The van der Waals surface area contributed by atoms with E-state index in [0.29, 0.717) is 19.3 Å². The van der Waals surface area contributed by atoms with E-state index in [4.69, 9.17) is 0 Å². The van der Waals surface area contributed by atoms with Crippen molar-refractivity contribution in [3.63, 3.8) is 0 Å². The van der Waals surface area contributed by atoms with Crippen LogP contribution in [0.15, 0.2) is 0 Å². The van der Waals surface area contributed by atoms with Crippen LogP contribution in [-0.4, -0.2) is 32.6 Å². The fourth-order valence-electron chi connectivity index (χ4n) is 4.14. The molecular formula is C15H28O3. The number of hydrogen-bond donors (Lipinski definition) is 3. The minimum absolute atomic E-state index is 0.0186. The summed E-state index contributed by atoms with van der Waals surface area (Å²) in [5.74, 6) is 0.173. The van der Waals surface area contributed by atoms with E-state index in [-0.39, 0.29) is 23.4 Å². The van der Waals surface area contributed by atoms with E-state index in [1.807, 2.05) is 20.8 Å². The highest BCUT2D eigenvalue weighted by Crippen LogP contribution is 2.57. The first-order valence-electron chi connectivity index (χ1n) is 7.25. The summed E-state index contributed by atoms with van der Waals surface area (Å²) in [6.07, 6.45) is 3.07. The molecule has 0 radical (unpaired) electrons. The second-order valence-electron chi connectivity index (χ2n) is 7.43. The largest absolute Gasteiger partial charge is 0.393 e. The van der Waals surface area contributed by atoms with Gasteiger partial charge in [0.2, 0.25) is 0 Å². The molecule has 0 saturated heterocycles. The van der Waals surface area contributed by atoms with Crippen molar-refractivity contribution >= 4 is 0 Å². The minimum atomic E-state index is -0.767. The molecule has 0 aromatic heterocycles. The van der Waals surface area contributed by atoms with Crippen molar-refractivity contribution in [1.82, 2.24) is 0 Å². The van der Waals surface area contributed by atoms with E-state index in [2.05, 4.69) is 6.92 Å². The molecule has 2 fully saturated rings. The van der Waals surface area contributed by atoms with Gasteiger partial charge in [-0.2, -0.15) is 0 Å². The Morgan fingerprint density at radius 1 is 1.06 bits per heavy atom. The third-order valence-corrected chi connectivity index (χ3v) is 5.96. The zero-order valence-corrected chi connectivity index (χ0v) is 12.1. The first kappa shape index (κ1) is 14.3. The minimum Gasteiger partial charge on any atom is -0.393 e. The zero-order chi connectivity index (χ0) is 13.8. The maximum atomic E-state index is 10.7. The van der Waals surface area contributed by atoms with Crippen molar-refractivity contribution in [3.05, 3.63) is 0 Å². The van der Waals surface area contributed by atoms with Crippen LogP contribution in [0.4, 0.5) is 0 Å². The van der Waals surface area contributed by atoms with Crippen LogP contribution in [0.2, 0.25) is 0 Å². The van der Waals surface area contributed by atoms with E-state index in [0.717, 1.165) is 12.8 Å². The number of hydrogen-bond acceptors (Lipinski definition) is 3. The molecule has 2 saturated carbocycles. The standard InChI is InChI=1S/C15H28O3/c1-10(2)15(18)8-7-13(3)11(9-15)14(4,17)6-5-12(13)16/h10-12,16-18H,5-9H2,1-4H3/t11-,12?,13-,14+,15+/m1/s1. The van der Waals surface area contributed by atoms with Crippen LogP contribution in [0.25, 0.3) is 0 Å². The average Bonchev–Trinajstić information content (AvgIpc) is 2.27. The third kappa shape index (κ3) is 2.00. The van der Waals surface area contributed by atoms with Gasteiger partial charge in [-0.05, 0) is 56.3 Å². The normalized spacial score (nSPS) is 53.3. The van der Waals surface area contributed by atoms with Crippen molar-refractivity contribution < 1.29 is 15.3 Å². The van der Waals surface area contributed by atoms with Gasteiger partial charge in [0.1, 0.15) is 0 Å². The average molecular weight is 256 g/mol. The molecule has 0 spiro atoms. The second kappa shape index (κ2) is 4.19. The summed E-state index contributed by atoms with van der Waals surface area (Å²) >= 11 is 0. The Hall–Kier alpha value is -0.120. The summed E-state index contributed by atoms with van der Waals surface area (Å²) in [5.41, 5.74) is -1.70. The summed E-state index contributed by atoms with van der Waals surface area (Å²) in [4.78, 5) is 0. The molecule has 0 amide bonds. The van der Waals surface area contributed by atoms with Crippen LogP contribution < -0.4 is 0 Å². The van der Waals surface area contributed by atoms with Gasteiger partial charge in [0.15, 0.2) is 0 Å². The molecule has 106 valence electrons. The van der Waals surface area contributed by atoms with E-state index in [1.54, 1.807) is 0 Å². The molecule has 0 bridgehead atoms. The predicted molar refractivity (Wildman–Crippen MR) is 71.1 cm³/mol. The van der Waals surface area contributed by atoms with Crippen LogP contribution in [0.1, 0.15) is 59.8 Å². The Labute approximate surface area is 110 Å². The van der Waals surface area contributed by atoms with Crippen LogP contribution in [0.3, 0.4) is 0 Å². The highest BCUT2D eigenvalue weighted by atomic mass is 16.3. The molecule has 0 aromatic carbocycles. The lowest BCUT2D eigenvalue weighted by atomic mass is 9.50. The number of rotatable bonds is 1. The van der Waals surface area contributed by atoms with E-state index in [9.17, 15) is 15.3 Å². The number of aliphatic hydroxyl groups excluding tert-OH is 1. The fraction of sp³-hybridized carbons (Fsp3) is 1.00. The fourth-order valence-corrected chi connectivity index (χ4v) is 4.14. The lowest BCUT2D eigenvalue weighted by Gasteiger charge is -2.58. The Balaban J connectivity index is 2.32. The number of fused-ring (bicyclic) bond motifs is 1. The van der Waals surface area contributed by atoms with Crippen LogP contribution >= 0.6 is 0 Å². The van der Waals surface area contributed by atoms with Gasteiger partial charge in [0.05, 0.1) is 17.3 Å². The maximum Gasteiger partial charge on any atom is 0.0674 e. The molecule has 2 rings (SSSR count). The maximum absolute atomic E-state index is 10.7. The summed E-state index contributed by atoms with van der Waals surface area (Å²) in [6, 6.07) is 0. The van der Waals surface area contributed by atoms with Gasteiger partial charge in [0.25, 0.3) is 0 Å². The van der Waals surface area contributed by atoms with Gasteiger partial charge in [-0.1, -0.05) is 20.8 Å². The summed E-state index contributed by atoms with van der Waals surface area (Å²) in [7, 11) is 0. The summed E-state index contributed by atoms with van der Waals surface area (Å²) < 4.78 is 0. The van der Waals surface area contributed by atoms with Crippen LogP contribution in [-0.2, 0) is 0 Å². The molecule has 0 aliphatic heterocycles. The lowest BCUT2D eigenvalue weighted by molar-refractivity contribution is -0.208. The Bertz CT molecular complexity index is 326. The topological polar surface area (TPSA) is 60.7 Å². The quantitative estimate of drug-likeness (QED) is 0.673. The molecule has 0 aromatic rings. The molecule has 3 heteroatoms. The SMILES string of the molecule is CC(C)[C@]1(O)CC[C@@]2(C)C(O)CC[C@](C)(O)[C@@H]2C1. The molecule has 1 unspecified atom stereocenters. The molecule has 18 heavy (non-hydrogen) atoms. The predicted octanol–water partition coefficient (Wildman–Crippen LogP) is 2.09. The third-order valence-electron chi connectivity index (χ3n) is 5.96. The van der Waals surface area contributed by atoms with E-state index < -0.39 is 11.2 Å². The summed E-state index contributed by atoms with van der Waals surface area (Å²) in [6.45, 7) is 8.02. The van der Waals surface area contributed by atoms with Crippen molar-refractivity contribution in [1.29, 1.82) is 0 Å². The van der Waals surface area contributed by atoms with Crippen LogP contribution in [0.5, 0.6) is 0 Å². The zero-order valence-electron chi connectivity index (χ0n) is 12.1. The molecule has 5 atom stereocenters. The van der Waals surface area contributed by atoms with Crippen molar-refractivity contribution in [3.8, 4) is 0 Å². The van der Waals surface area contributed by atoms with Crippen molar-refractivity contribution in [2.45, 2.75) is 77.1 Å². The molecule has 0 heterocycles. The number of aliphatic hydroxyl groups is 3. The molecule has 3 N–H and O–H groups in total. The highest BCUT2D eigenvalue weighted by molar-refractivity contribution is 5.08. The van der Waals surface area contributed by atoms with E-state index >= 15 is 0 Å². The highest BCUT2D eigenvalue weighted by Gasteiger charge is 2.58. The van der Waals surface area contributed by atoms with Gasteiger partial charge < -0.3 is 15.3 Å². The van der Waals surface area contributed by atoms with Gasteiger partial charge in [0, 0.05) is 0 Å². The lowest BCUT2D eigenvalue weighted by Crippen LogP contribution is -2.61. The first-order valence-corrected chi connectivity index (χ1v) is 7.25. The second-order valence-corrected chi connectivity index (χ2v) is 7.43. The van der Waals surface area contributed by atoms with Crippen molar-refractivity contribution in [2.24, 2.45) is 17.3 Å². The van der Waals surface area contributed by atoms with Crippen LogP contribution in [0, 0.1) is 17.3 Å². The monoisotopic (exact) mass is 256 g/mol. The van der Waals surface area contributed by atoms with Gasteiger partial charge >= 0.3 is 0 Å². The van der Waals surface area contributed by atoms with Gasteiger partial charge in [-0.25, -0.2) is 0 Å². The first-order chi connectivity index (χ1) is 8.12. The van der Waals surface area contributed by atoms with Gasteiger partial charge in [-0.15, -0.1) is 0 Å². The summed E-state index contributed by atoms with van der Waals surface area (Å²) in [5, 5.41) is 31.7. The molecule has 2 aliphatic rings. The molecule has 3 nitrogen and oxygen atoms in total. The Kier molecular flexibility index (Phi) is 3.33. The van der Waals surface area contributed by atoms with Gasteiger partial charge in [-0.3, -0.25) is 0 Å². The molecule has 2 aliphatic carbocycles. The van der Waals surface area contributed by atoms with Crippen molar-refractivity contribution in [2.75, 3.05) is 0 Å². The molecular weight excluding hydrogens is 228 g/mol. The Morgan fingerprint density at radius 3 is 2.22 bits per heavy atom. The Morgan fingerprint density at radius 2 is 1.67 bits per heavy atom. The van der Waals surface area contributed by atoms with E-state index in [1.165, 1.54) is 0 Å².